The zero-order valence-corrected chi connectivity index (χ0v) is 20.1. The number of unbranched alkanes of at least 4 members (excludes halogenated alkanes) is 4. The normalized spacial score (nSPS) is 11.2. The Morgan fingerprint density at radius 2 is 1.60 bits per heavy atom. The van der Waals surface area contributed by atoms with Gasteiger partial charge < -0.3 is 20.1 Å². The molecule has 0 aliphatic rings. The van der Waals surface area contributed by atoms with E-state index in [9.17, 15) is 20.0 Å². The van der Waals surface area contributed by atoms with Crippen molar-refractivity contribution in [3.05, 3.63) is 80.1 Å². The Morgan fingerprint density at radius 1 is 0.857 bits per heavy atom. The summed E-state index contributed by atoms with van der Waals surface area (Å²) in [5, 5.41) is 25.0. The molecular weight excluding hydrogens is 446 g/mol. The topological polar surface area (TPSA) is 117 Å². The van der Waals surface area contributed by atoms with Crippen molar-refractivity contribution in [2.75, 3.05) is 26.3 Å². The van der Waals surface area contributed by atoms with Crippen LogP contribution in [0.1, 0.15) is 49.7 Å². The largest absolute Gasteiger partial charge is 0.506 e. The van der Waals surface area contributed by atoms with Crippen LogP contribution in [-0.2, 0) is 17.6 Å². The Labute approximate surface area is 205 Å². The van der Waals surface area contributed by atoms with E-state index in [1.165, 1.54) is 12.5 Å². The predicted octanol–water partition coefficient (Wildman–Crippen LogP) is 4.87. The second kappa shape index (κ2) is 14.2. The number of pyridine rings is 1. The monoisotopic (exact) mass is 481 g/mol. The molecule has 0 fully saturated rings. The van der Waals surface area contributed by atoms with Gasteiger partial charge in [-0.25, -0.2) is 0 Å². The first-order valence-electron chi connectivity index (χ1n) is 12.4. The lowest BCUT2D eigenvalue weighted by molar-refractivity contribution is -0.384. The number of nitrogens with zero attached hydrogens (tertiary/aromatic N) is 1. The number of fused-ring (bicyclic) bond motifs is 1. The molecule has 2 aromatic carbocycles. The van der Waals surface area contributed by atoms with Crippen molar-refractivity contribution in [1.82, 2.24) is 10.3 Å². The molecule has 0 saturated heterocycles. The number of hydrogen-bond donors (Lipinski definition) is 3. The van der Waals surface area contributed by atoms with Crippen LogP contribution < -0.4 is 10.9 Å². The van der Waals surface area contributed by atoms with Gasteiger partial charge in [0.1, 0.15) is 5.75 Å². The fourth-order valence-corrected chi connectivity index (χ4v) is 4.09. The molecule has 8 heteroatoms. The Kier molecular flexibility index (Phi) is 10.7. The van der Waals surface area contributed by atoms with E-state index in [0.29, 0.717) is 5.52 Å². The van der Waals surface area contributed by atoms with E-state index in [1.54, 1.807) is 24.3 Å². The van der Waals surface area contributed by atoms with Gasteiger partial charge in [-0.15, -0.1) is 0 Å². The van der Waals surface area contributed by atoms with Crippen molar-refractivity contribution in [3.8, 4) is 5.75 Å². The zero-order valence-electron chi connectivity index (χ0n) is 20.1. The first-order valence-corrected chi connectivity index (χ1v) is 12.4. The minimum Gasteiger partial charge on any atom is -0.506 e. The molecule has 35 heavy (non-hydrogen) atoms. The number of rotatable bonds is 16. The standard InChI is InChI=1S/C27H35N3O5/c31-25-14-10-22(24-13-15-26(32)29-27(24)25)16-18-28-17-4-1-2-5-19-35-20-6-3-7-21-8-11-23(12-9-21)30(33)34/h8-15,28,31H,1-7,16-20H2,(H,29,32). The fraction of sp³-hybridized carbons (Fsp3) is 0.444. The average molecular weight is 482 g/mol. The van der Waals surface area contributed by atoms with Gasteiger partial charge in [0, 0.05) is 36.8 Å². The summed E-state index contributed by atoms with van der Waals surface area (Å²) in [7, 11) is 0. The van der Waals surface area contributed by atoms with Gasteiger partial charge in [0.05, 0.1) is 10.4 Å². The van der Waals surface area contributed by atoms with E-state index in [-0.39, 0.29) is 21.9 Å². The Bertz CT molecular complexity index is 1130. The van der Waals surface area contributed by atoms with Crippen LogP contribution in [-0.4, -0.2) is 41.3 Å². The van der Waals surface area contributed by atoms with E-state index in [2.05, 4.69) is 10.3 Å². The molecule has 0 aliphatic carbocycles. The Morgan fingerprint density at radius 3 is 2.37 bits per heavy atom. The van der Waals surface area contributed by atoms with Gasteiger partial charge in [0.2, 0.25) is 5.56 Å². The highest BCUT2D eigenvalue weighted by atomic mass is 16.6. The lowest BCUT2D eigenvalue weighted by Gasteiger charge is -2.09. The number of aryl methyl sites for hydroxylation is 1. The summed E-state index contributed by atoms with van der Waals surface area (Å²) in [5.41, 5.74) is 2.65. The summed E-state index contributed by atoms with van der Waals surface area (Å²) in [6.07, 6.45) is 8.27. The van der Waals surface area contributed by atoms with Crippen molar-refractivity contribution in [2.24, 2.45) is 0 Å². The van der Waals surface area contributed by atoms with Gasteiger partial charge in [0.15, 0.2) is 0 Å². The number of H-pyrrole nitrogens is 1. The second-order valence-electron chi connectivity index (χ2n) is 8.76. The van der Waals surface area contributed by atoms with Crippen molar-refractivity contribution < 1.29 is 14.8 Å². The lowest BCUT2D eigenvalue weighted by Crippen LogP contribution is -2.18. The van der Waals surface area contributed by atoms with Gasteiger partial charge in [-0.05, 0) is 74.9 Å². The van der Waals surface area contributed by atoms with E-state index in [1.807, 2.05) is 18.2 Å². The van der Waals surface area contributed by atoms with E-state index in [4.69, 9.17) is 4.74 Å². The lowest BCUT2D eigenvalue weighted by atomic mass is 10.0. The molecule has 0 radical (unpaired) electrons. The number of benzene rings is 2. The molecular formula is C27H35N3O5. The van der Waals surface area contributed by atoms with Crippen LogP contribution in [0.4, 0.5) is 5.69 Å². The third-order valence-electron chi connectivity index (χ3n) is 6.08. The molecule has 3 rings (SSSR count). The third kappa shape index (κ3) is 8.81. The number of ether oxygens (including phenoxy) is 1. The molecule has 0 amide bonds. The van der Waals surface area contributed by atoms with Gasteiger partial charge >= 0.3 is 0 Å². The quantitative estimate of drug-likeness (QED) is 0.153. The first-order chi connectivity index (χ1) is 17.0. The number of aromatic hydroxyl groups is 1. The van der Waals surface area contributed by atoms with Gasteiger partial charge in [0.25, 0.3) is 5.69 Å². The predicted molar refractivity (Wildman–Crippen MR) is 138 cm³/mol. The molecule has 0 atom stereocenters. The second-order valence-corrected chi connectivity index (χ2v) is 8.76. The van der Waals surface area contributed by atoms with Gasteiger partial charge in [-0.1, -0.05) is 31.0 Å². The highest BCUT2D eigenvalue weighted by Crippen LogP contribution is 2.24. The summed E-state index contributed by atoms with van der Waals surface area (Å²) >= 11 is 0. The smallest absolute Gasteiger partial charge is 0.269 e. The number of nitrogens with one attached hydrogen (secondary N) is 2. The minimum atomic E-state index is -0.374. The average Bonchev–Trinajstić information content (AvgIpc) is 2.86. The number of nitro groups is 1. The SMILES string of the molecule is O=c1ccc2c(CCNCCCCCCOCCCCc3ccc([N+](=O)[O-])cc3)ccc(O)c2[nH]1. The molecule has 3 aromatic rings. The maximum atomic E-state index is 11.5. The van der Waals surface area contributed by atoms with Gasteiger partial charge in [-0.2, -0.15) is 0 Å². The maximum absolute atomic E-state index is 11.5. The summed E-state index contributed by atoms with van der Waals surface area (Å²) in [4.78, 5) is 24.5. The van der Waals surface area contributed by atoms with Crippen LogP contribution in [0.2, 0.25) is 0 Å². The third-order valence-corrected chi connectivity index (χ3v) is 6.08. The zero-order chi connectivity index (χ0) is 24.9. The maximum Gasteiger partial charge on any atom is 0.269 e. The Hall–Kier alpha value is -3.23. The summed E-state index contributed by atoms with van der Waals surface area (Å²) in [6.45, 7) is 3.37. The molecule has 1 heterocycles. The van der Waals surface area contributed by atoms with E-state index < -0.39 is 0 Å². The van der Waals surface area contributed by atoms with Crippen molar-refractivity contribution in [2.45, 2.75) is 51.4 Å². The van der Waals surface area contributed by atoms with Crippen LogP contribution in [0, 0.1) is 10.1 Å². The molecule has 188 valence electrons. The minimum absolute atomic E-state index is 0.0978. The summed E-state index contributed by atoms with van der Waals surface area (Å²) in [5.74, 6) is 0.0978. The molecule has 0 saturated carbocycles. The van der Waals surface area contributed by atoms with Crippen LogP contribution in [0.5, 0.6) is 5.75 Å². The molecule has 0 bridgehead atoms. The molecule has 0 spiro atoms. The number of aromatic nitrogens is 1. The number of phenolic OH excluding ortho intramolecular Hbond substituents is 1. The van der Waals surface area contributed by atoms with Crippen LogP contribution >= 0.6 is 0 Å². The van der Waals surface area contributed by atoms with Crippen LogP contribution in [0.3, 0.4) is 0 Å². The van der Waals surface area contributed by atoms with Gasteiger partial charge in [-0.3, -0.25) is 14.9 Å². The summed E-state index contributed by atoms with van der Waals surface area (Å²) in [6, 6.07) is 13.6. The number of aromatic amines is 1. The molecule has 0 aliphatic heterocycles. The molecule has 0 unspecified atom stereocenters. The van der Waals surface area contributed by atoms with E-state index >= 15 is 0 Å². The number of nitro benzene ring substituents is 1. The van der Waals surface area contributed by atoms with Crippen LogP contribution in [0.25, 0.3) is 10.9 Å². The van der Waals surface area contributed by atoms with Crippen molar-refractivity contribution in [1.29, 1.82) is 0 Å². The summed E-state index contributed by atoms with van der Waals surface area (Å²) < 4.78 is 5.72. The molecule has 8 nitrogen and oxygen atoms in total. The number of non-ortho nitro benzene ring substituents is 1. The molecule has 1 aromatic heterocycles. The van der Waals surface area contributed by atoms with Crippen LogP contribution in [0.15, 0.2) is 53.3 Å². The van der Waals surface area contributed by atoms with Crippen molar-refractivity contribution >= 4 is 16.6 Å². The molecule has 3 N–H and O–H groups in total. The van der Waals surface area contributed by atoms with Crippen molar-refractivity contribution in [3.63, 3.8) is 0 Å². The fourth-order valence-electron chi connectivity index (χ4n) is 4.09. The Balaban J connectivity index is 1.15. The van der Waals surface area contributed by atoms with E-state index in [0.717, 1.165) is 87.8 Å². The first kappa shape index (κ1) is 26.4. The highest BCUT2D eigenvalue weighted by Gasteiger charge is 2.06. The number of phenols is 1. The highest BCUT2D eigenvalue weighted by molar-refractivity contribution is 5.87. The number of hydrogen-bond acceptors (Lipinski definition) is 6.